The SMILES string of the molecule is Cc1cccc2c(NC3CCC(O)CC3)cc(N3CCS(O)(O)c4ccccc4C3)nc12. The lowest BCUT2D eigenvalue weighted by Gasteiger charge is -2.32. The molecule has 1 aromatic heterocycles. The fraction of sp³-hybridized carbons (Fsp3) is 0.400. The molecule has 1 aliphatic heterocycles. The van der Waals surface area contributed by atoms with Crippen LogP contribution in [0.3, 0.4) is 0 Å². The molecule has 0 amide bonds. The molecule has 1 aliphatic carbocycles. The Morgan fingerprint density at radius 2 is 1.81 bits per heavy atom. The summed E-state index contributed by atoms with van der Waals surface area (Å²) < 4.78 is 21.5. The van der Waals surface area contributed by atoms with Crippen molar-refractivity contribution in [1.29, 1.82) is 0 Å². The Labute approximate surface area is 190 Å². The summed E-state index contributed by atoms with van der Waals surface area (Å²) in [6.07, 6.45) is 3.37. The zero-order valence-electron chi connectivity index (χ0n) is 18.4. The lowest BCUT2D eigenvalue weighted by molar-refractivity contribution is 0.126. The maximum absolute atomic E-state index is 10.7. The summed E-state index contributed by atoms with van der Waals surface area (Å²) in [6.45, 7) is 3.19. The molecule has 4 N–H and O–H groups in total. The first-order valence-electron chi connectivity index (χ1n) is 11.3. The highest BCUT2D eigenvalue weighted by Crippen LogP contribution is 2.51. The lowest BCUT2D eigenvalue weighted by atomic mass is 9.93. The number of aliphatic hydroxyl groups is 1. The molecule has 5 rings (SSSR count). The molecule has 32 heavy (non-hydrogen) atoms. The topological polar surface area (TPSA) is 88.9 Å². The first kappa shape index (κ1) is 21.5. The molecule has 0 unspecified atom stereocenters. The minimum absolute atomic E-state index is 0.183. The van der Waals surface area contributed by atoms with Crippen LogP contribution in [0.25, 0.3) is 10.9 Å². The molecule has 170 valence electrons. The third kappa shape index (κ3) is 4.18. The molecule has 0 atom stereocenters. The van der Waals surface area contributed by atoms with Crippen molar-refractivity contribution < 1.29 is 14.2 Å². The van der Waals surface area contributed by atoms with E-state index in [1.165, 1.54) is 0 Å². The number of benzene rings is 2. The van der Waals surface area contributed by atoms with Crippen LogP contribution in [0.5, 0.6) is 0 Å². The first-order chi connectivity index (χ1) is 15.4. The van der Waals surface area contributed by atoms with Crippen molar-refractivity contribution in [3.63, 3.8) is 0 Å². The van der Waals surface area contributed by atoms with Crippen LogP contribution in [-0.2, 0) is 6.54 Å². The predicted octanol–water partition coefficient (Wildman–Crippen LogP) is 5.39. The van der Waals surface area contributed by atoms with Crippen molar-refractivity contribution >= 4 is 33.0 Å². The number of fused-ring (bicyclic) bond motifs is 2. The minimum Gasteiger partial charge on any atom is -0.393 e. The molecule has 2 aromatic carbocycles. The number of hydrogen-bond donors (Lipinski definition) is 4. The molecule has 7 heteroatoms. The van der Waals surface area contributed by atoms with Gasteiger partial charge in [-0.15, -0.1) is 0 Å². The Balaban J connectivity index is 1.54. The predicted molar refractivity (Wildman–Crippen MR) is 132 cm³/mol. The van der Waals surface area contributed by atoms with Gasteiger partial charge in [0.2, 0.25) is 0 Å². The van der Waals surface area contributed by atoms with E-state index >= 15 is 0 Å². The van der Waals surface area contributed by atoms with Crippen molar-refractivity contribution in [2.24, 2.45) is 0 Å². The van der Waals surface area contributed by atoms with Crippen LogP contribution in [0.4, 0.5) is 11.5 Å². The van der Waals surface area contributed by atoms with E-state index in [4.69, 9.17) is 4.98 Å². The number of rotatable bonds is 3. The Kier molecular flexibility index (Phi) is 5.75. The number of para-hydroxylation sites is 1. The summed E-state index contributed by atoms with van der Waals surface area (Å²) in [4.78, 5) is 7.82. The summed E-state index contributed by atoms with van der Waals surface area (Å²) in [5.41, 5.74) is 4.07. The van der Waals surface area contributed by atoms with Gasteiger partial charge >= 0.3 is 0 Å². The smallest absolute Gasteiger partial charge is 0.131 e. The Bertz CT molecular complexity index is 1130. The van der Waals surface area contributed by atoms with Gasteiger partial charge in [0.1, 0.15) is 5.82 Å². The van der Waals surface area contributed by atoms with Gasteiger partial charge in [-0.25, -0.2) is 4.98 Å². The van der Waals surface area contributed by atoms with Crippen LogP contribution < -0.4 is 10.2 Å². The standard InChI is InChI=1S/C25H31N3O3S/c1-17-5-4-7-21-22(26-19-9-11-20(29)12-10-19)15-24(27-25(17)21)28-13-14-32(30,31)23-8-3-2-6-18(23)16-28/h2-8,15,19-20,29-31H,9-14,16H2,1H3,(H,26,27). The maximum Gasteiger partial charge on any atom is 0.131 e. The van der Waals surface area contributed by atoms with Crippen LogP contribution in [-0.4, -0.2) is 43.6 Å². The number of nitrogens with one attached hydrogen (secondary N) is 1. The van der Waals surface area contributed by atoms with Crippen molar-refractivity contribution in [2.75, 3.05) is 22.5 Å². The summed E-state index contributed by atoms with van der Waals surface area (Å²) in [7, 11) is -2.82. The Morgan fingerprint density at radius 1 is 1.03 bits per heavy atom. The minimum atomic E-state index is -2.82. The fourth-order valence-electron chi connectivity index (χ4n) is 4.88. The van der Waals surface area contributed by atoms with Gasteiger partial charge in [-0.3, -0.25) is 9.11 Å². The molecule has 0 bridgehead atoms. The van der Waals surface area contributed by atoms with Gasteiger partial charge in [0.15, 0.2) is 0 Å². The number of aryl methyl sites for hydroxylation is 1. The molecule has 0 radical (unpaired) electrons. The normalized spacial score (nSPS) is 23.9. The maximum atomic E-state index is 10.7. The quantitative estimate of drug-likeness (QED) is 0.425. The largest absolute Gasteiger partial charge is 0.393 e. The van der Waals surface area contributed by atoms with E-state index in [2.05, 4.69) is 41.4 Å². The molecular formula is C25H31N3O3S. The van der Waals surface area contributed by atoms with Crippen LogP contribution in [0.15, 0.2) is 53.4 Å². The van der Waals surface area contributed by atoms with Gasteiger partial charge in [0.25, 0.3) is 0 Å². The number of pyridine rings is 1. The average Bonchev–Trinajstić information content (AvgIpc) is 2.92. The highest BCUT2D eigenvalue weighted by Gasteiger charge is 2.27. The fourth-order valence-corrected chi connectivity index (χ4v) is 6.42. The zero-order valence-corrected chi connectivity index (χ0v) is 19.2. The van der Waals surface area contributed by atoms with Crippen LogP contribution in [0, 0.1) is 6.92 Å². The molecule has 2 heterocycles. The van der Waals surface area contributed by atoms with E-state index < -0.39 is 10.6 Å². The van der Waals surface area contributed by atoms with E-state index in [1.807, 2.05) is 24.3 Å². The van der Waals surface area contributed by atoms with Crippen molar-refractivity contribution in [3.05, 3.63) is 59.7 Å². The van der Waals surface area contributed by atoms with E-state index in [-0.39, 0.29) is 6.10 Å². The first-order valence-corrected chi connectivity index (χ1v) is 13.1. The van der Waals surface area contributed by atoms with E-state index in [1.54, 1.807) is 0 Å². The average molecular weight is 454 g/mol. The molecule has 1 fully saturated rings. The molecule has 6 nitrogen and oxygen atoms in total. The van der Waals surface area contributed by atoms with E-state index in [9.17, 15) is 14.2 Å². The number of aromatic nitrogens is 1. The molecule has 2 aliphatic rings. The van der Waals surface area contributed by atoms with Gasteiger partial charge in [-0.2, -0.15) is 10.6 Å². The summed E-state index contributed by atoms with van der Waals surface area (Å²) in [5.74, 6) is 1.14. The summed E-state index contributed by atoms with van der Waals surface area (Å²) >= 11 is 0. The summed E-state index contributed by atoms with van der Waals surface area (Å²) in [5, 5.41) is 14.7. The van der Waals surface area contributed by atoms with Gasteiger partial charge in [-0.1, -0.05) is 36.4 Å². The molecule has 0 saturated heterocycles. The number of hydrogen-bond acceptors (Lipinski definition) is 6. The van der Waals surface area contributed by atoms with Gasteiger partial charge in [-0.05, 0) is 49.8 Å². The molecule has 0 spiro atoms. The Hall–Kier alpha value is -2.32. The van der Waals surface area contributed by atoms with Gasteiger partial charge < -0.3 is 15.3 Å². The second-order valence-corrected chi connectivity index (χ2v) is 11.2. The second kappa shape index (κ2) is 8.56. The van der Waals surface area contributed by atoms with Crippen LogP contribution in [0.1, 0.15) is 36.8 Å². The highest BCUT2D eigenvalue weighted by molar-refractivity contribution is 8.24. The number of aliphatic hydroxyl groups excluding tert-OH is 1. The van der Waals surface area contributed by atoms with Crippen molar-refractivity contribution in [3.8, 4) is 0 Å². The Morgan fingerprint density at radius 3 is 2.62 bits per heavy atom. The molecule has 1 saturated carbocycles. The van der Waals surface area contributed by atoms with E-state index in [0.717, 1.165) is 59.2 Å². The van der Waals surface area contributed by atoms with Gasteiger partial charge in [0.05, 0.1) is 22.3 Å². The number of anilines is 2. The lowest BCUT2D eigenvalue weighted by Crippen LogP contribution is -2.29. The summed E-state index contributed by atoms with van der Waals surface area (Å²) in [6, 6.07) is 16.3. The second-order valence-electron chi connectivity index (χ2n) is 9.05. The monoisotopic (exact) mass is 453 g/mol. The third-order valence-electron chi connectivity index (χ3n) is 6.74. The van der Waals surface area contributed by atoms with Crippen molar-refractivity contribution in [2.45, 2.75) is 56.2 Å². The molecular weight excluding hydrogens is 422 g/mol. The van der Waals surface area contributed by atoms with Gasteiger partial charge in [0, 0.05) is 36.3 Å². The molecule has 3 aromatic rings. The van der Waals surface area contributed by atoms with Crippen LogP contribution >= 0.6 is 10.6 Å². The highest BCUT2D eigenvalue weighted by atomic mass is 32.3. The number of nitrogens with zero attached hydrogens (tertiary/aromatic N) is 2. The third-order valence-corrected chi connectivity index (χ3v) is 8.59. The van der Waals surface area contributed by atoms with Crippen molar-refractivity contribution in [1.82, 2.24) is 4.98 Å². The van der Waals surface area contributed by atoms with Crippen LogP contribution in [0.2, 0.25) is 0 Å². The van der Waals surface area contributed by atoms with E-state index in [0.29, 0.717) is 29.8 Å². The zero-order chi connectivity index (χ0) is 22.3.